The Balaban J connectivity index is 2.77. The van der Waals surface area contributed by atoms with Crippen LogP contribution < -0.4 is 0 Å². The van der Waals surface area contributed by atoms with Crippen LogP contribution in [0.1, 0.15) is 5.56 Å². The van der Waals surface area contributed by atoms with Crippen molar-refractivity contribution in [1.29, 1.82) is 0 Å². The second-order valence-electron chi connectivity index (χ2n) is 3.52. The molecule has 2 aromatic rings. The van der Waals surface area contributed by atoms with E-state index in [1.54, 1.807) is 12.1 Å². The van der Waals surface area contributed by atoms with Crippen LogP contribution in [-0.4, -0.2) is 10.1 Å². The molecule has 94 valence electrons. The lowest BCUT2D eigenvalue weighted by atomic mass is 10.0. The topological polar surface area (TPSA) is 33.1 Å². The van der Waals surface area contributed by atoms with Gasteiger partial charge in [0.2, 0.25) is 0 Å². The van der Waals surface area contributed by atoms with Gasteiger partial charge in [0.15, 0.2) is 0 Å². The molecule has 2 nitrogen and oxygen atoms in total. The van der Waals surface area contributed by atoms with E-state index >= 15 is 0 Å². The summed E-state index contributed by atoms with van der Waals surface area (Å²) >= 11 is 18.0. The lowest BCUT2D eigenvalue weighted by molar-refractivity contribution is 0.276. The molecule has 0 aliphatic heterocycles. The van der Waals surface area contributed by atoms with E-state index in [0.717, 1.165) is 6.20 Å². The minimum atomic E-state index is -0.623. The van der Waals surface area contributed by atoms with Gasteiger partial charge in [-0.1, -0.05) is 34.8 Å². The lowest BCUT2D eigenvalue weighted by Gasteiger charge is -2.12. The van der Waals surface area contributed by atoms with Gasteiger partial charge in [-0.2, -0.15) is 0 Å². The van der Waals surface area contributed by atoms with Crippen LogP contribution in [0, 0.1) is 5.82 Å². The van der Waals surface area contributed by atoms with Crippen molar-refractivity contribution in [3.05, 3.63) is 51.0 Å². The quantitative estimate of drug-likeness (QED) is 0.837. The summed E-state index contributed by atoms with van der Waals surface area (Å²) in [4.78, 5) is 3.73. The summed E-state index contributed by atoms with van der Waals surface area (Å²) in [6, 6.07) is 3.10. The van der Waals surface area contributed by atoms with Gasteiger partial charge in [0.05, 0.1) is 27.9 Å². The van der Waals surface area contributed by atoms with Crippen LogP contribution in [0.15, 0.2) is 24.5 Å². The van der Waals surface area contributed by atoms with Crippen LogP contribution in [0.25, 0.3) is 11.1 Å². The molecule has 0 atom stereocenters. The SMILES string of the molecule is OCc1c(F)cncc1-c1c(Cl)ccc(Cl)c1Cl. The maximum atomic E-state index is 13.6. The van der Waals surface area contributed by atoms with Crippen LogP contribution in [0.3, 0.4) is 0 Å². The molecule has 0 amide bonds. The third-order valence-corrected chi connectivity index (χ3v) is 3.60. The van der Waals surface area contributed by atoms with Gasteiger partial charge in [0.25, 0.3) is 0 Å². The number of hydrogen-bond donors (Lipinski definition) is 1. The van der Waals surface area contributed by atoms with Gasteiger partial charge in [-0.05, 0) is 12.1 Å². The highest BCUT2D eigenvalue weighted by Crippen LogP contribution is 2.40. The molecule has 0 aliphatic rings. The Hall–Kier alpha value is -0.870. The fourth-order valence-electron chi connectivity index (χ4n) is 1.61. The molecule has 0 aliphatic carbocycles. The van der Waals surface area contributed by atoms with Crippen LogP contribution in [-0.2, 0) is 6.61 Å². The fraction of sp³-hybridized carbons (Fsp3) is 0.0833. The largest absolute Gasteiger partial charge is 0.392 e. The van der Waals surface area contributed by atoms with E-state index in [9.17, 15) is 9.50 Å². The predicted molar refractivity (Wildman–Crippen MR) is 70.6 cm³/mol. The first-order valence-electron chi connectivity index (χ1n) is 4.93. The van der Waals surface area contributed by atoms with Gasteiger partial charge in [0.1, 0.15) is 5.82 Å². The van der Waals surface area contributed by atoms with E-state index in [-0.39, 0.29) is 10.6 Å². The smallest absolute Gasteiger partial charge is 0.147 e. The fourth-order valence-corrected chi connectivity index (χ4v) is 2.34. The highest BCUT2D eigenvalue weighted by atomic mass is 35.5. The van der Waals surface area contributed by atoms with E-state index in [1.165, 1.54) is 6.20 Å². The molecule has 0 unspecified atom stereocenters. The van der Waals surface area contributed by atoms with E-state index < -0.39 is 12.4 Å². The van der Waals surface area contributed by atoms with Gasteiger partial charge in [-0.15, -0.1) is 0 Å². The normalized spacial score (nSPS) is 10.7. The molecule has 1 aromatic carbocycles. The molecule has 0 spiro atoms. The molecule has 1 N–H and O–H groups in total. The van der Waals surface area contributed by atoms with Crippen molar-refractivity contribution in [2.24, 2.45) is 0 Å². The molecule has 0 saturated heterocycles. The molecule has 2 rings (SSSR count). The van der Waals surface area contributed by atoms with Crippen molar-refractivity contribution in [2.45, 2.75) is 6.61 Å². The Morgan fingerprint density at radius 1 is 1.11 bits per heavy atom. The minimum absolute atomic E-state index is 0.0797. The van der Waals surface area contributed by atoms with Gasteiger partial charge < -0.3 is 5.11 Å². The summed E-state index contributed by atoms with van der Waals surface area (Å²) in [7, 11) is 0. The molecule has 0 saturated carbocycles. The Morgan fingerprint density at radius 2 is 1.78 bits per heavy atom. The second-order valence-corrected chi connectivity index (χ2v) is 4.72. The van der Waals surface area contributed by atoms with Crippen LogP contribution in [0.4, 0.5) is 4.39 Å². The van der Waals surface area contributed by atoms with Crippen molar-refractivity contribution in [3.8, 4) is 11.1 Å². The third-order valence-electron chi connectivity index (χ3n) is 2.48. The van der Waals surface area contributed by atoms with Crippen LogP contribution in [0.2, 0.25) is 15.1 Å². The Labute approximate surface area is 118 Å². The van der Waals surface area contributed by atoms with Gasteiger partial charge in [-0.25, -0.2) is 4.39 Å². The zero-order chi connectivity index (χ0) is 13.3. The molecular weight excluding hydrogens is 299 g/mol. The Bertz CT molecular complexity index is 604. The molecule has 0 fully saturated rings. The van der Waals surface area contributed by atoms with Gasteiger partial charge >= 0.3 is 0 Å². The number of benzene rings is 1. The van der Waals surface area contributed by atoms with Crippen molar-refractivity contribution in [1.82, 2.24) is 4.98 Å². The first-order valence-corrected chi connectivity index (χ1v) is 6.06. The van der Waals surface area contributed by atoms with E-state index in [1.807, 2.05) is 0 Å². The van der Waals surface area contributed by atoms with E-state index in [2.05, 4.69) is 4.98 Å². The summed E-state index contributed by atoms with van der Waals surface area (Å²) < 4.78 is 13.6. The van der Waals surface area contributed by atoms with Crippen LogP contribution >= 0.6 is 34.8 Å². The predicted octanol–water partition coefficient (Wildman–Crippen LogP) is 4.34. The monoisotopic (exact) mass is 305 g/mol. The number of aliphatic hydroxyl groups is 1. The van der Waals surface area contributed by atoms with Gasteiger partial charge in [0, 0.05) is 22.9 Å². The number of nitrogens with zero attached hydrogens (tertiary/aromatic N) is 1. The van der Waals surface area contributed by atoms with Crippen molar-refractivity contribution < 1.29 is 9.50 Å². The molecule has 6 heteroatoms. The van der Waals surface area contributed by atoms with Crippen molar-refractivity contribution >= 4 is 34.8 Å². The number of aliphatic hydroxyl groups excluding tert-OH is 1. The third kappa shape index (κ3) is 2.31. The summed E-state index contributed by atoms with van der Waals surface area (Å²) in [5.41, 5.74) is 0.771. The number of hydrogen-bond acceptors (Lipinski definition) is 2. The highest BCUT2D eigenvalue weighted by molar-refractivity contribution is 6.46. The summed E-state index contributed by atoms with van der Waals surface area (Å²) in [5, 5.41) is 10.0. The average Bonchev–Trinajstić information content (AvgIpc) is 2.35. The zero-order valence-corrected chi connectivity index (χ0v) is 11.2. The summed E-state index contributed by atoms with van der Waals surface area (Å²) in [6.45, 7) is -0.483. The molecule has 0 bridgehead atoms. The number of halogens is 4. The standard InChI is InChI=1S/C12H7Cl3FNO/c13-8-1-2-9(14)12(15)11(8)6-3-17-4-10(16)7(6)5-18/h1-4,18H,5H2. The van der Waals surface area contributed by atoms with Crippen LogP contribution in [0.5, 0.6) is 0 Å². The molecule has 1 aromatic heterocycles. The Kier molecular flexibility index (Phi) is 4.07. The molecule has 0 radical (unpaired) electrons. The zero-order valence-electron chi connectivity index (χ0n) is 8.92. The van der Waals surface area contributed by atoms with Crippen molar-refractivity contribution in [2.75, 3.05) is 0 Å². The molecule has 18 heavy (non-hydrogen) atoms. The average molecular weight is 307 g/mol. The van der Waals surface area contributed by atoms with Gasteiger partial charge in [-0.3, -0.25) is 4.98 Å². The second kappa shape index (κ2) is 5.41. The maximum absolute atomic E-state index is 13.6. The van der Waals surface area contributed by atoms with Crippen molar-refractivity contribution in [3.63, 3.8) is 0 Å². The highest BCUT2D eigenvalue weighted by Gasteiger charge is 2.17. The number of aromatic nitrogens is 1. The maximum Gasteiger partial charge on any atom is 0.147 e. The first-order chi connectivity index (χ1) is 8.56. The number of rotatable bonds is 2. The first kappa shape index (κ1) is 13.6. The molecule has 1 heterocycles. The molecular formula is C12H7Cl3FNO. The summed E-state index contributed by atoms with van der Waals surface area (Å²) in [6.07, 6.45) is 2.40. The minimum Gasteiger partial charge on any atom is -0.392 e. The number of pyridine rings is 1. The van der Waals surface area contributed by atoms with E-state index in [4.69, 9.17) is 34.8 Å². The van der Waals surface area contributed by atoms with E-state index in [0.29, 0.717) is 21.2 Å². The lowest BCUT2D eigenvalue weighted by Crippen LogP contribution is -1.97. The Morgan fingerprint density at radius 3 is 2.44 bits per heavy atom. The summed E-state index contributed by atoms with van der Waals surface area (Å²) in [5.74, 6) is -0.623.